The second kappa shape index (κ2) is 10.3. The first-order valence-electron chi connectivity index (χ1n) is 10.7. The van der Waals surface area contributed by atoms with Crippen molar-refractivity contribution < 1.29 is 9.00 Å². The van der Waals surface area contributed by atoms with E-state index in [-0.39, 0.29) is 23.4 Å². The monoisotopic (exact) mass is 468 g/mol. The van der Waals surface area contributed by atoms with Crippen LogP contribution in [0, 0.1) is 5.92 Å². The average Bonchev–Trinajstić information content (AvgIpc) is 2.81. The summed E-state index contributed by atoms with van der Waals surface area (Å²) in [6.45, 7) is 0. The molecule has 1 heterocycles. The molecule has 0 aliphatic heterocycles. The third kappa shape index (κ3) is 5.37. The van der Waals surface area contributed by atoms with Crippen molar-refractivity contribution >= 4 is 28.3 Å². The number of nitrogens with zero attached hydrogens (tertiary/aromatic N) is 1. The van der Waals surface area contributed by atoms with Gasteiger partial charge in [0.2, 0.25) is 0 Å². The summed E-state index contributed by atoms with van der Waals surface area (Å²) in [5.74, 6) is 0.528. The average molecular weight is 469 g/mol. The van der Waals surface area contributed by atoms with E-state index in [0.29, 0.717) is 22.0 Å². The van der Waals surface area contributed by atoms with Crippen LogP contribution in [0.15, 0.2) is 82.6 Å². The van der Waals surface area contributed by atoms with Gasteiger partial charge in [-0.2, -0.15) is 0 Å². The molecule has 7 heteroatoms. The molecule has 2 aromatic carbocycles. The molecule has 32 heavy (non-hydrogen) atoms. The second-order valence-electron chi connectivity index (χ2n) is 8.05. The number of halogens is 1. The molecule has 1 amide bonds. The van der Waals surface area contributed by atoms with Crippen LogP contribution < -0.4 is 10.9 Å². The van der Waals surface area contributed by atoms with Gasteiger partial charge in [-0.25, -0.2) is 0 Å². The maximum Gasteiger partial charge on any atom is 0.255 e. The van der Waals surface area contributed by atoms with Crippen LogP contribution in [0.2, 0.25) is 5.02 Å². The molecular weight excluding hydrogens is 444 g/mol. The molecule has 1 fully saturated rings. The van der Waals surface area contributed by atoms with Crippen molar-refractivity contribution in [1.82, 2.24) is 9.88 Å². The normalized spacial score (nSPS) is 19.3. The Balaban J connectivity index is 1.42. The molecule has 1 aliphatic rings. The topological polar surface area (TPSA) is 68.2 Å². The van der Waals surface area contributed by atoms with E-state index in [2.05, 4.69) is 5.32 Å². The van der Waals surface area contributed by atoms with Crippen LogP contribution in [0.3, 0.4) is 0 Å². The Bertz CT molecular complexity index is 1160. The van der Waals surface area contributed by atoms with Crippen molar-refractivity contribution in [2.45, 2.75) is 36.6 Å². The van der Waals surface area contributed by atoms with E-state index >= 15 is 0 Å². The summed E-state index contributed by atoms with van der Waals surface area (Å²) in [4.78, 5) is 25.7. The standard InChI is InChI=1S/C25H25ClN2O3S/c26-20-10-14-22(15-11-20)32(31)17-19-5-1-2-6-23(19)27-25(30)18-8-12-21(13-9-18)28-16-4-3-7-24(28)29/h3-4,7-16,19,23H,1-2,5-6,17H2,(H,27,30)/t19-,23-,32?/m0/s1. The number of hydrogen-bond acceptors (Lipinski definition) is 3. The maximum atomic E-state index is 12.9. The highest BCUT2D eigenvalue weighted by Gasteiger charge is 2.28. The number of pyridine rings is 1. The van der Waals surface area contributed by atoms with Gasteiger partial charge in [-0.05, 0) is 73.4 Å². The lowest BCUT2D eigenvalue weighted by Gasteiger charge is -2.32. The van der Waals surface area contributed by atoms with Crippen molar-refractivity contribution in [2.24, 2.45) is 5.92 Å². The minimum Gasteiger partial charge on any atom is -0.349 e. The van der Waals surface area contributed by atoms with Crippen molar-refractivity contribution in [3.05, 3.63) is 93.9 Å². The van der Waals surface area contributed by atoms with Crippen LogP contribution in [0.1, 0.15) is 36.0 Å². The van der Waals surface area contributed by atoms with Crippen LogP contribution in [0.25, 0.3) is 5.69 Å². The molecule has 166 valence electrons. The highest BCUT2D eigenvalue weighted by molar-refractivity contribution is 7.85. The van der Waals surface area contributed by atoms with Crippen LogP contribution >= 0.6 is 11.6 Å². The highest BCUT2D eigenvalue weighted by atomic mass is 35.5. The first-order valence-corrected chi connectivity index (χ1v) is 12.4. The third-order valence-electron chi connectivity index (χ3n) is 5.90. The lowest BCUT2D eigenvalue weighted by atomic mass is 9.85. The van der Waals surface area contributed by atoms with Crippen LogP contribution in [0.4, 0.5) is 0 Å². The molecule has 0 saturated heterocycles. The fraction of sp³-hybridized carbons (Fsp3) is 0.280. The Labute approximate surface area is 194 Å². The zero-order chi connectivity index (χ0) is 22.5. The van der Waals surface area contributed by atoms with Gasteiger partial charge in [-0.3, -0.25) is 18.4 Å². The maximum absolute atomic E-state index is 12.9. The third-order valence-corrected chi connectivity index (χ3v) is 7.68. The van der Waals surface area contributed by atoms with Crippen molar-refractivity contribution in [3.63, 3.8) is 0 Å². The SMILES string of the molecule is O=C(N[C@H]1CCCC[C@H]1CS(=O)c1ccc(Cl)cc1)c1ccc(-n2ccccc2=O)cc1. The molecule has 0 bridgehead atoms. The predicted molar refractivity (Wildman–Crippen MR) is 128 cm³/mol. The van der Waals surface area contributed by atoms with Gasteiger partial charge in [0, 0.05) is 45.2 Å². The molecule has 0 radical (unpaired) electrons. The largest absolute Gasteiger partial charge is 0.349 e. The van der Waals surface area contributed by atoms with Gasteiger partial charge in [0.1, 0.15) is 0 Å². The number of aromatic nitrogens is 1. The summed E-state index contributed by atoms with van der Waals surface area (Å²) in [7, 11) is -1.14. The number of carbonyl (C=O) groups excluding carboxylic acids is 1. The molecular formula is C25H25ClN2O3S. The fourth-order valence-corrected chi connectivity index (χ4v) is 5.69. The lowest BCUT2D eigenvalue weighted by Crippen LogP contribution is -2.44. The number of nitrogens with one attached hydrogen (secondary N) is 1. The number of carbonyl (C=O) groups is 1. The minimum absolute atomic E-state index is 0.0103. The summed E-state index contributed by atoms with van der Waals surface area (Å²) in [6.07, 6.45) is 5.65. The van der Waals surface area contributed by atoms with E-state index < -0.39 is 10.8 Å². The van der Waals surface area contributed by atoms with Gasteiger partial charge >= 0.3 is 0 Å². The quantitative estimate of drug-likeness (QED) is 0.575. The molecule has 5 nitrogen and oxygen atoms in total. The summed E-state index contributed by atoms with van der Waals surface area (Å²) in [5.41, 5.74) is 1.13. The van der Waals surface area contributed by atoms with E-state index in [1.165, 1.54) is 10.6 Å². The summed E-state index contributed by atoms with van der Waals surface area (Å²) < 4.78 is 14.4. The van der Waals surface area contributed by atoms with Gasteiger partial charge in [0.15, 0.2) is 0 Å². The zero-order valence-electron chi connectivity index (χ0n) is 17.6. The van der Waals surface area contributed by atoms with Crippen molar-refractivity contribution in [2.75, 3.05) is 5.75 Å². The molecule has 1 N–H and O–H groups in total. The Morgan fingerprint density at radius 3 is 2.44 bits per heavy atom. The van der Waals surface area contributed by atoms with Gasteiger partial charge < -0.3 is 5.32 Å². The lowest BCUT2D eigenvalue weighted by molar-refractivity contribution is 0.0911. The molecule has 0 spiro atoms. The summed E-state index contributed by atoms with van der Waals surface area (Å²) in [6, 6.07) is 19.1. The minimum atomic E-state index is -1.14. The molecule has 1 unspecified atom stereocenters. The Hall–Kier alpha value is -2.70. The van der Waals surface area contributed by atoms with E-state index in [1.807, 2.05) is 0 Å². The Morgan fingerprint density at radius 1 is 1.00 bits per heavy atom. The van der Waals surface area contributed by atoms with Crippen molar-refractivity contribution in [1.29, 1.82) is 0 Å². The van der Waals surface area contributed by atoms with E-state index in [9.17, 15) is 13.8 Å². The molecule has 1 aliphatic carbocycles. The van der Waals surface area contributed by atoms with E-state index in [1.54, 1.807) is 66.9 Å². The number of hydrogen-bond donors (Lipinski definition) is 1. The first kappa shape index (κ1) is 22.5. The molecule has 1 saturated carbocycles. The van der Waals surface area contributed by atoms with Crippen LogP contribution in [-0.4, -0.2) is 26.5 Å². The van der Waals surface area contributed by atoms with E-state index in [4.69, 9.17) is 11.6 Å². The first-order chi connectivity index (χ1) is 15.5. The molecule has 4 rings (SSSR count). The van der Waals surface area contributed by atoms with Gasteiger partial charge in [0.05, 0.1) is 10.8 Å². The molecule has 3 aromatic rings. The second-order valence-corrected chi connectivity index (χ2v) is 9.98. The Kier molecular flexibility index (Phi) is 7.22. The smallest absolute Gasteiger partial charge is 0.255 e. The van der Waals surface area contributed by atoms with Crippen LogP contribution in [-0.2, 0) is 10.8 Å². The number of rotatable bonds is 6. The van der Waals surface area contributed by atoms with E-state index in [0.717, 1.165) is 30.6 Å². The fourth-order valence-electron chi connectivity index (χ4n) is 4.14. The summed E-state index contributed by atoms with van der Waals surface area (Å²) in [5, 5.41) is 3.78. The number of amides is 1. The summed E-state index contributed by atoms with van der Waals surface area (Å²) >= 11 is 5.94. The zero-order valence-corrected chi connectivity index (χ0v) is 19.1. The Morgan fingerprint density at radius 2 is 1.72 bits per heavy atom. The highest BCUT2D eigenvalue weighted by Crippen LogP contribution is 2.27. The van der Waals surface area contributed by atoms with Crippen molar-refractivity contribution in [3.8, 4) is 5.69 Å². The molecule has 3 atom stereocenters. The van der Waals surface area contributed by atoms with Gasteiger partial charge in [-0.15, -0.1) is 0 Å². The van der Waals surface area contributed by atoms with Crippen LogP contribution in [0.5, 0.6) is 0 Å². The van der Waals surface area contributed by atoms with Gasteiger partial charge in [-0.1, -0.05) is 30.5 Å². The molecule has 1 aromatic heterocycles. The predicted octanol–water partition coefficient (Wildman–Crippen LogP) is 4.59. The number of benzene rings is 2. The van der Waals surface area contributed by atoms with Gasteiger partial charge in [0.25, 0.3) is 11.5 Å².